The maximum absolute atomic E-state index is 12.3. The predicted octanol–water partition coefficient (Wildman–Crippen LogP) is 6.60. The van der Waals surface area contributed by atoms with Crippen LogP contribution in [-0.2, 0) is 0 Å². The molecule has 0 spiro atoms. The molecule has 3 aromatic rings. The minimum absolute atomic E-state index is 0.411. The minimum atomic E-state index is -0.411. The predicted molar refractivity (Wildman–Crippen MR) is 120 cm³/mol. The summed E-state index contributed by atoms with van der Waals surface area (Å²) in [7, 11) is 0. The zero-order valence-corrected chi connectivity index (χ0v) is 17.8. The Bertz CT molecular complexity index is 966. The fraction of sp³-hybridized carbons (Fsp3) is 0.167. The molecular weight excluding hydrogens is 430 g/mol. The number of rotatable bonds is 8. The lowest BCUT2D eigenvalue weighted by Gasteiger charge is -2.06. The van der Waals surface area contributed by atoms with Crippen molar-refractivity contribution < 1.29 is 14.3 Å². The van der Waals surface area contributed by atoms with Gasteiger partial charge in [0.25, 0.3) is 0 Å². The van der Waals surface area contributed by atoms with Gasteiger partial charge >= 0.3 is 5.97 Å². The molecule has 148 valence electrons. The first-order valence-electron chi connectivity index (χ1n) is 9.49. The molecule has 0 unspecified atom stereocenters. The summed E-state index contributed by atoms with van der Waals surface area (Å²) in [6, 6.07) is 22.0. The van der Waals surface area contributed by atoms with Crippen molar-refractivity contribution in [2.75, 3.05) is 6.61 Å². The van der Waals surface area contributed by atoms with Crippen LogP contribution < -0.4 is 9.47 Å². The van der Waals surface area contributed by atoms with Crippen molar-refractivity contribution in [3.05, 3.63) is 88.4 Å². The lowest BCUT2D eigenvalue weighted by Crippen LogP contribution is -2.08. The molecule has 5 heteroatoms. The number of unbranched alkanes of at least 4 members (excludes halogenated alkanes) is 1. The SMILES string of the molecule is CCCCOc1ccc(C=Nc2ccc(C(=O)Oc3ccccc3Br)cc2)cc1. The van der Waals surface area contributed by atoms with Gasteiger partial charge in [-0.2, -0.15) is 0 Å². The molecule has 0 bridgehead atoms. The highest BCUT2D eigenvalue weighted by molar-refractivity contribution is 9.10. The molecule has 3 aromatic carbocycles. The summed E-state index contributed by atoms with van der Waals surface area (Å²) in [6.07, 6.45) is 3.95. The van der Waals surface area contributed by atoms with Gasteiger partial charge < -0.3 is 9.47 Å². The second-order valence-electron chi connectivity index (χ2n) is 6.40. The molecular formula is C24H22BrNO3. The van der Waals surface area contributed by atoms with Crippen LogP contribution in [0.15, 0.2) is 82.3 Å². The largest absolute Gasteiger partial charge is 0.494 e. The topological polar surface area (TPSA) is 47.9 Å². The van der Waals surface area contributed by atoms with Gasteiger partial charge in [-0.15, -0.1) is 0 Å². The summed E-state index contributed by atoms with van der Waals surface area (Å²) in [5, 5.41) is 0. The monoisotopic (exact) mass is 451 g/mol. The average Bonchev–Trinajstić information content (AvgIpc) is 2.75. The standard InChI is InChI=1S/C24H22BrNO3/c1-2-3-16-28-21-14-8-18(9-15-21)17-26-20-12-10-19(11-13-20)24(27)29-23-7-5-4-6-22(23)25/h4-15,17H,2-3,16H2,1H3. The fourth-order valence-corrected chi connectivity index (χ4v) is 2.87. The molecule has 0 saturated heterocycles. The number of hydrogen-bond donors (Lipinski definition) is 0. The van der Waals surface area contributed by atoms with E-state index >= 15 is 0 Å². The zero-order chi connectivity index (χ0) is 20.5. The summed E-state index contributed by atoms with van der Waals surface area (Å²) < 4.78 is 11.8. The Labute approximate surface area is 179 Å². The number of nitrogens with zero attached hydrogens (tertiary/aromatic N) is 1. The maximum Gasteiger partial charge on any atom is 0.343 e. The van der Waals surface area contributed by atoms with E-state index in [1.165, 1.54) is 0 Å². The van der Waals surface area contributed by atoms with Crippen molar-refractivity contribution in [1.82, 2.24) is 0 Å². The van der Waals surface area contributed by atoms with Crippen LogP contribution >= 0.6 is 15.9 Å². The van der Waals surface area contributed by atoms with Crippen LogP contribution in [0.4, 0.5) is 5.69 Å². The van der Waals surface area contributed by atoms with Crippen LogP contribution in [0.2, 0.25) is 0 Å². The van der Waals surface area contributed by atoms with Gasteiger partial charge in [-0.3, -0.25) is 4.99 Å². The fourth-order valence-electron chi connectivity index (χ4n) is 2.50. The number of esters is 1. The lowest BCUT2D eigenvalue weighted by atomic mass is 10.2. The van der Waals surface area contributed by atoms with Crippen molar-refractivity contribution in [2.24, 2.45) is 4.99 Å². The summed E-state index contributed by atoms with van der Waals surface area (Å²) in [4.78, 5) is 16.7. The number of halogens is 1. The molecule has 0 aromatic heterocycles. The van der Waals surface area contributed by atoms with Gasteiger partial charge in [0.15, 0.2) is 0 Å². The number of hydrogen-bond acceptors (Lipinski definition) is 4. The molecule has 0 heterocycles. The Balaban J connectivity index is 1.58. The van der Waals surface area contributed by atoms with E-state index in [-0.39, 0.29) is 0 Å². The third kappa shape index (κ3) is 6.29. The summed E-state index contributed by atoms with van der Waals surface area (Å²) >= 11 is 3.37. The Morgan fingerprint density at radius 3 is 2.41 bits per heavy atom. The maximum atomic E-state index is 12.3. The van der Waals surface area contributed by atoms with Crippen molar-refractivity contribution >= 4 is 33.8 Å². The Kier molecular flexibility index (Phi) is 7.59. The van der Waals surface area contributed by atoms with Gasteiger partial charge in [0, 0.05) is 6.21 Å². The Hall–Kier alpha value is -2.92. The molecule has 3 rings (SSSR count). The molecule has 0 fully saturated rings. The zero-order valence-electron chi connectivity index (χ0n) is 16.2. The highest BCUT2D eigenvalue weighted by Gasteiger charge is 2.10. The molecule has 0 aliphatic rings. The molecule has 0 aliphatic heterocycles. The van der Waals surface area contributed by atoms with Crippen LogP contribution in [0.5, 0.6) is 11.5 Å². The highest BCUT2D eigenvalue weighted by atomic mass is 79.9. The van der Waals surface area contributed by atoms with Gasteiger partial charge in [0.2, 0.25) is 0 Å². The van der Waals surface area contributed by atoms with Crippen LogP contribution in [0.3, 0.4) is 0 Å². The summed E-state index contributed by atoms with van der Waals surface area (Å²) in [5.41, 5.74) is 2.20. The van der Waals surface area contributed by atoms with E-state index in [1.807, 2.05) is 42.5 Å². The second kappa shape index (κ2) is 10.6. The van der Waals surface area contributed by atoms with E-state index in [0.717, 1.165) is 40.9 Å². The van der Waals surface area contributed by atoms with E-state index in [9.17, 15) is 4.79 Å². The number of aliphatic imine (C=N–C) groups is 1. The van der Waals surface area contributed by atoms with E-state index < -0.39 is 5.97 Å². The van der Waals surface area contributed by atoms with Crippen molar-refractivity contribution in [3.63, 3.8) is 0 Å². The molecule has 0 aliphatic carbocycles. The number of para-hydroxylation sites is 1. The van der Waals surface area contributed by atoms with Gasteiger partial charge in [0.1, 0.15) is 11.5 Å². The van der Waals surface area contributed by atoms with E-state index in [4.69, 9.17) is 9.47 Å². The first-order chi connectivity index (χ1) is 14.2. The average molecular weight is 452 g/mol. The third-order valence-electron chi connectivity index (χ3n) is 4.15. The van der Waals surface area contributed by atoms with Crippen molar-refractivity contribution in [3.8, 4) is 11.5 Å². The quantitative estimate of drug-likeness (QED) is 0.168. The van der Waals surface area contributed by atoms with Crippen LogP contribution in [0.25, 0.3) is 0 Å². The van der Waals surface area contributed by atoms with Gasteiger partial charge in [-0.1, -0.05) is 25.5 Å². The molecule has 0 atom stereocenters. The number of ether oxygens (including phenoxy) is 2. The first-order valence-corrected chi connectivity index (χ1v) is 10.3. The first kappa shape index (κ1) is 20.8. The molecule has 29 heavy (non-hydrogen) atoms. The number of carbonyl (C=O) groups is 1. The van der Waals surface area contributed by atoms with Gasteiger partial charge in [0.05, 0.1) is 22.3 Å². The normalized spacial score (nSPS) is 10.8. The number of carbonyl (C=O) groups excluding carboxylic acids is 1. The third-order valence-corrected chi connectivity index (χ3v) is 4.81. The van der Waals surface area contributed by atoms with Crippen LogP contribution in [-0.4, -0.2) is 18.8 Å². The smallest absolute Gasteiger partial charge is 0.343 e. The minimum Gasteiger partial charge on any atom is -0.494 e. The van der Waals surface area contributed by atoms with Crippen molar-refractivity contribution in [1.29, 1.82) is 0 Å². The molecule has 0 radical (unpaired) electrons. The van der Waals surface area contributed by atoms with E-state index in [2.05, 4.69) is 27.8 Å². The Morgan fingerprint density at radius 1 is 1.00 bits per heavy atom. The molecule has 0 N–H and O–H groups in total. The summed E-state index contributed by atoms with van der Waals surface area (Å²) in [5.74, 6) is 0.941. The Morgan fingerprint density at radius 2 is 1.72 bits per heavy atom. The number of benzene rings is 3. The second-order valence-corrected chi connectivity index (χ2v) is 7.25. The van der Waals surface area contributed by atoms with E-state index in [1.54, 1.807) is 36.5 Å². The van der Waals surface area contributed by atoms with Crippen LogP contribution in [0, 0.1) is 0 Å². The molecule has 0 saturated carbocycles. The molecule has 4 nitrogen and oxygen atoms in total. The summed E-state index contributed by atoms with van der Waals surface area (Å²) in [6.45, 7) is 2.88. The van der Waals surface area contributed by atoms with Crippen molar-refractivity contribution in [2.45, 2.75) is 19.8 Å². The highest BCUT2D eigenvalue weighted by Crippen LogP contribution is 2.25. The van der Waals surface area contributed by atoms with Gasteiger partial charge in [-0.05, 0) is 88.6 Å². The van der Waals surface area contributed by atoms with E-state index in [0.29, 0.717) is 11.3 Å². The van der Waals surface area contributed by atoms with Crippen LogP contribution in [0.1, 0.15) is 35.7 Å². The van der Waals surface area contributed by atoms with Gasteiger partial charge in [-0.25, -0.2) is 4.79 Å². The molecule has 0 amide bonds. The lowest BCUT2D eigenvalue weighted by molar-refractivity contribution is 0.0733.